The van der Waals surface area contributed by atoms with Gasteiger partial charge in [0.2, 0.25) is 11.8 Å². The molecule has 0 unspecified atom stereocenters. The number of nitro benzene ring substituents is 1. The predicted molar refractivity (Wildman–Crippen MR) is 139 cm³/mol. The van der Waals surface area contributed by atoms with Gasteiger partial charge in [0.25, 0.3) is 5.69 Å². The zero-order chi connectivity index (χ0) is 26.7. The molecule has 9 nitrogen and oxygen atoms in total. The van der Waals surface area contributed by atoms with E-state index in [1.54, 1.807) is 24.3 Å². The first kappa shape index (κ1) is 23.5. The van der Waals surface area contributed by atoms with Crippen molar-refractivity contribution in [2.45, 2.75) is 19.0 Å². The molecule has 2 amide bonds. The second kappa shape index (κ2) is 8.58. The lowest BCUT2D eigenvalue weighted by molar-refractivity contribution is -0.384. The lowest BCUT2D eigenvalue weighted by atomic mass is 9.86. The molecule has 0 aliphatic carbocycles. The first-order valence-electron chi connectivity index (χ1n) is 12.1. The largest absolute Gasteiger partial charge is 0.352 e. The van der Waals surface area contributed by atoms with Crippen LogP contribution in [0.25, 0.3) is 6.08 Å². The van der Waals surface area contributed by atoms with E-state index >= 15 is 0 Å². The highest BCUT2D eigenvalue weighted by Crippen LogP contribution is 2.49. The van der Waals surface area contributed by atoms with E-state index < -0.39 is 46.4 Å². The number of imide groups is 1. The Bertz CT molecular complexity index is 1580. The Labute approximate surface area is 217 Å². The highest BCUT2D eigenvalue weighted by Gasteiger charge is 2.64. The lowest BCUT2D eigenvalue weighted by Crippen LogP contribution is -2.48. The summed E-state index contributed by atoms with van der Waals surface area (Å²) < 4.78 is 0. The molecule has 3 aromatic carbocycles. The number of hydrogen-bond donors (Lipinski definition) is 0. The maximum atomic E-state index is 14.0. The average Bonchev–Trinajstić information content (AvgIpc) is 3.40. The smallest absolute Gasteiger partial charge is 0.270 e. The Hall–Kier alpha value is -4.92. The van der Waals surface area contributed by atoms with Gasteiger partial charge in [-0.3, -0.25) is 29.3 Å². The maximum Gasteiger partial charge on any atom is 0.270 e. The van der Waals surface area contributed by atoms with Crippen molar-refractivity contribution in [1.29, 1.82) is 0 Å². The van der Waals surface area contributed by atoms with Gasteiger partial charge in [-0.25, -0.2) is 4.90 Å². The highest BCUT2D eigenvalue weighted by molar-refractivity contribution is 6.25. The molecule has 3 aliphatic heterocycles. The van der Waals surface area contributed by atoms with Crippen molar-refractivity contribution < 1.29 is 24.1 Å². The fourth-order valence-corrected chi connectivity index (χ4v) is 5.86. The van der Waals surface area contributed by atoms with Crippen LogP contribution in [0, 0.1) is 22.0 Å². The highest BCUT2D eigenvalue weighted by atomic mass is 16.6. The van der Waals surface area contributed by atoms with Gasteiger partial charge in [0.05, 0.1) is 28.5 Å². The minimum Gasteiger partial charge on any atom is -0.352 e. The first-order valence-corrected chi connectivity index (χ1v) is 12.1. The van der Waals surface area contributed by atoms with Crippen LogP contribution < -0.4 is 9.80 Å². The fraction of sp³-hybridized carbons (Fsp3) is 0.172. The number of nitro groups is 1. The predicted octanol–water partition coefficient (Wildman–Crippen LogP) is 4.07. The third kappa shape index (κ3) is 3.39. The molecule has 2 fully saturated rings. The van der Waals surface area contributed by atoms with Crippen molar-refractivity contribution in [3.05, 3.63) is 106 Å². The Morgan fingerprint density at radius 2 is 1.58 bits per heavy atom. The molecule has 4 atom stereocenters. The van der Waals surface area contributed by atoms with Crippen LogP contribution in [0.15, 0.2) is 78.9 Å². The summed E-state index contributed by atoms with van der Waals surface area (Å²) in [5.74, 6) is -3.37. The molecule has 0 saturated carbocycles. The van der Waals surface area contributed by atoms with Crippen molar-refractivity contribution in [1.82, 2.24) is 0 Å². The quantitative estimate of drug-likeness (QED) is 0.221. The monoisotopic (exact) mass is 507 g/mol. The molecule has 188 valence electrons. The summed E-state index contributed by atoms with van der Waals surface area (Å²) in [4.78, 5) is 67.2. The van der Waals surface area contributed by atoms with Gasteiger partial charge in [0.15, 0.2) is 11.6 Å². The molecule has 3 aliphatic rings. The number of benzene rings is 3. The number of amides is 2. The maximum absolute atomic E-state index is 14.0. The third-order valence-corrected chi connectivity index (χ3v) is 7.56. The number of ketones is 2. The first-order chi connectivity index (χ1) is 18.3. The fourth-order valence-electron chi connectivity index (χ4n) is 5.86. The van der Waals surface area contributed by atoms with Gasteiger partial charge in [-0.05, 0) is 42.8 Å². The topological polar surface area (TPSA) is 118 Å². The van der Waals surface area contributed by atoms with Crippen LogP contribution in [-0.2, 0) is 9.59 Å². The Balaban J connectivity index is 1.47. The molecule has 0 radical (unpaired) electrons. The Morgan fingerprint density at radius 3 is 2.29 bits per heavy atom. The molecule has 0 aromatic heterocycles. The minimum absolute atomic E-state index is 0.0974. The van der Waals surface area contributed by atoms with Crippen LogP contribution >= 0.6 is 0 Å². The van der Waals surface area contributed by atoms with E-state index in [1.165, 1.54) is 31.2 Å². The minimum atomic E-state index is -1.05. The number of nitrogens with zero attached hydrogens (tertiary/aromatic N) is 3. The van der Waals surface area contributed by atoms with Crippen LogP contribution in [-0.4, -0.2) is 40.4 Å². The molecule has 3 aromatic rings. The molecular formula is C29H21N3O6. The van der Waals surface area contributed by atoms with Gasteiger partial charge < -0.3 is 4.90 Å². The molecule has 38 heavy (non-hydrogen) atoms. The van der Waals surface area contributed by atoms with E-state index in [1.807, 2.05) is 41.3 Å². The van der Waals surface area contributed by atoms with E-state index in [0.29, 0.717) is 11.3 Å². The summed E-state index contributed by atoms with van der Waals surface area (Å²) in [5, 5.41) is 11.4. The second-order valence-electron chi connectivity index (χ2n) is 9.60. The normalized spacial score (nSPS) is 23.2. The summed E-state index contributed by atoms with van der Waals surface area (Å²) in [6.07, 6.45) is 3.73. The van der Waals surface area contributed by atoms with Crippen molar-refractivity contribution in [3.63, 3.8) is 0 Å². The number of para-hydroxylation sites is 1. The third-order valence-electron chi connectivity index (χ3n) is 7.56. The van der Waals surface area contributed by atoms with Gasteiger partial charge >= 0.3 is 0 Å². The number of Topliss-reactive ketones (excluding diaryl/α,β-unsaturated/α-hetero) is 2. The molecule has 2 saturated heterocycles. The van der Waals surface area contributed by atoms with E-state index in [0.717, 1.165) is 16.2 Å². The number of hydrogen-bond acceptors (Lipinski definition) is 7. The molecule has 6 rings (SSSR count). The zero-order valence-corrected chi connectivity index (χ0v) is 20.2. The number of fused-ring (bicyclic) bond motifs is 5. The number of non-ortho nitro benzene ring substituents is 1. The van der Waals surface area contributed by atoms with Crippen molar-refractivity contribution >= 4 is 46.5 Å². The van der Waals surface area contributed by atoms with Crippen molar-refractivity contribution in [2.75, 3.05) is 9.80 Å². The average molecular weight is 508 g/mol. The molecule has 0 N–H and O–H groups in total. The number of rotatable bonds is 5. The molecule has 0 bridgehead atoms. The molecule has 0 spiro atoms. The van der Waals surface area contributed by atoms with Crippen molar-refractivity contribution in [2.24, 2.45) is 11.8 Å². The second-order valence-corrected chi connectivity index (χ2v) is 9.60. The van der Waals surface area contributed by atoms with Gasteiger partial charge in [0.1, 0.15) is 6.04 Å². The van der Waals surface area contributed by atoms with Gasteiger partial charge in [0, 0.05) is 28.9 Å². The summed E-state index contributed by atoms with van der Waals surface area (Å²) in [6, 6.07) is 17.5. The van der Waals surface area contributed by atoms with Crippen molar-refractivity contribution in [3.8, 4) is 0 Å². The Morgan fingerprint density at radius 1 is 0.868 bits per heavy atom. The molecule has 3 heterocycles. The van der Waals surface area contributed by atoms with E-state index in [2.05, 4.69) is 0 Å². The van der Waals surface area contributed by atoms with Crippen LogP contribution in [0.5, 0.6) is 0 Å². The van der Waals surface area contributed by atoms with E-state index in [-0.39, 0.29) is 17.0 Å². The summed E-state index contributed by atoms with van der Waals surface area (Å²) >= 11 is 0. The van der Waals surface area contributed by atoms with Gasteiger partial charge in [-0.1, -0.05) is 42.5 Å². The van der Waals surface area contributed by atoms with Gasteiger partial charge in [-0.15, -0.1) is 0 Å². The van der Waals surface area contributed by atoms with Crippen LogP contribution in [0.4, 0.5) is 17.1 Å². The summed E-state index contributed by atoms with van der Waals surface area (Å²) in [6.45, 7) is 1.43. The standard InChI is InChI=1S/C29H21N3O6/c1-16(33)17-9-12-20(13-10-17)30-28(35)24-23-14-11-18-5-2-3-8-22(18)31(23)26(25(24)29(30)36)27(34)19-6-4-7-21(15-19)32(37)38/h2-15,23-26H,1H3/t23-,24-,25-,26+/m1/s1. The number of anilines is 2. The summed E-state index contributed by atoms with van der Waals surface area (Å²) in [7, 11) is 0. The van der Waals surface area contributed by atoms with Crippen LogP contribution in [0.3, 0.4) is 0 Å². The molecular weight excluding hydrogens is 486 g/mol. The van der Waals surface area contributed by atoms with Crippen LogP contribution in [0.1, 0.15) is 33.2 Å². The number of carbonyl (C=O) groups is 4. The molecule has 9 heteroatoms. The van der Waals surface area contributed by atoms with E-state index in [4.69, 9.17) is 0 Å². The SMILES string of the molecule is CC(=O)c1ccc(N2C(=O)[C@@H]3[C@H](C2=O)[C@H]2C=Cc4ccccc4N2[C@@H]3C(=O)c2cccc([N+](=O)[O-])c2)cc1. The van der Waals surface area contributed by atoms with Crippen LogP contribution in [0.2, 0.25) is 0 Å². The lowest BCUT2D eigenvalue weighted by Gasteiger charge is -2.36. The van der Waals surface area contributed by atoms with E-state index in [9.17, 15) is 29.3 Å². The Kier molecular flexibility index (Phi) is 5.30. The zero-order valence-electron chi connectivity index (χ0n) is 20.2. The number of carbonyl (C=O) groups excluding carboxylic acids is 4. The van der Waals surface area contributed by atoms with Gasteiger partial charge in [-0.2, -0.15) is 0 Å². The summed E-state index contributed by atoms with van der Waals surface area (Å²) in [5.41, 5.74) is 2.20.